The molecule has 0 aromatic heterocycles. The molecule has 0 heterocycles. The Bertz CT molecular complexity index is 493. The van der Waals surface area contributed by atoms with E-state index < -0.39 is 18.0 Å². The molecule has 2 amide bonds. The Balaban J connectivity index is 2.75. The van der Waals surface area contributed by atoms with Crippen molar-refractivity contribution in [1.29, 1.82) is 0 Å². The third-order valence-electron chi connectivity index (χ3n) is 3.17. The Morgan fingerprint density at radius 1 is 1.40 bits per heavy atom. The zero-order chi connectivity index (χ0) is 15.3. The lowest BCUT2D eigenvalue weighted by atomic mass is 10.1. The van der Waals surface area contributed by atoms with Crippen molar-refractivity contribution < 1.29 is 14.7 Å². The molecular formula is C14H19ClN2O3. The van der Waals surface area contributed by atoms with Gasteiger partial charge in [0.15, 0.2) is 0 Å². The maximum absolute atomic E-state index is 12.1. The van der Waals surface area contributed by atoms with Crippen LogP contribution in [0.2, 0.25) is 5.02 Å². The highest BCUT2D eigenvalue weighted by atomic mass is 35.5. The van der Waals surface area contributed by atoms with Crippen LogP contribution in [-0.2, 0) is 4.79 Å². The molecule has 0 saturated carbocycles. The average Bonchev–Trinajstić information content (AvgIpc) is 2.39. The predicted molar refractivity (Wildman–Crippen MR) is 77.9 cm³/mol. The molecule has 5 nitrogen and oxygen atoms in total. The third kappa shape index (κ3) is 3.87. The lowest BCUT2D eigenvalue weighted by molar-refractivity contribution is -0.141. The molecule has 2 atom stereocenters. The Kier molecular flexibility index (Phi) is 5.82. The molecule has 0 aliphatic rings. The van der Waals surface area contributed by atoms with Gasteiger partial charge in [0.1, 0.15) is 6.04 Å². The number of carboxylic acids is 1. The molecule has 2 unspecified atom stereocenters. The van der Waals surface area contributed by atoms with Gasteiger partial charge in [0.05, 0.1) is 6.04 Å². The van der Waals surface area contributed by atoms with Gasteiger partial charge in [-0.15, -0.1) is 0 Å². The van der Waals surface area contributed by atoms with Gasteiger partial charge in [-0.25, -0.2) is 9.59 Å². The van der Waals surface area contributed by atoms with Crippen LogP contribution in [0.5, 0.6) is 0 Å². The standard InChI is InChI=1S/C14H19ClN2O3/c1-4-12(13(18)19)17(3)14(20)16-9(2)10-7-5-6-8-11(10)15/h5-9,12H,4H2,1-3H3,(H,16,20)(H,18,19). The number of halogens is 1. The van der Waals surface area contributed by atoms with E-state index in [2.05, 4.69) is 5.32 Å². The highest BCUT2D eigenvalue weighted by molar-refractivity contribution is 6.31. The molecule has 0 radical (unpaired) electrons. The molecular weight excluding hydrogens is 280 g/mol. The fourth-order valence-electron chi connectivity index (χ4n) is 1.95. The smallest absolute Gasteiger partial charge is 0.326 e. The van der Waals surface area contributed by atoms with Crippen molar-refractivity contribution in [2.45, 2.75) is 32.4 Å². The van der Waals surface area contributed by atoms with Crippen LogP contribution >= 0.6 is 11.6 Å². The minimum absolute atomic E-state index is 0.301. The molecule has 0 aliphatic heterocycles. The van der Waals surface area contributed by atoms with Gasteiger partial charge < -0.3 is 15.3 Å². The first-order valence-electron chi connectivity index (χ1n) is 6.39. The van der Waals surface area contributed by atoms with Crippen molar-refractivity contribution in [2.75, 3.05) is 7.05 Å². The summed E-state index contributed by atoms with van der Waals surface area (Å²) in [4.78, 5) is 24.3. The molecule has 0 saturated heterocycles. The van der Waals surface area contributed by atoms with Gasteiger partial charge in [0.2, 0.25) is 0 Å². The van der Waals surface area contributed by atoms with Crippen molar-refractivity contribution in [1.82, 2.24) is 10.2 Å². The van der Waals surface area contributed by atoms with Crippen molar-refractivity contribution >= 4 is 23.6 Å². The molecule has 1 rings (SSSR count). The summed E-state index contributed by atoms with van der Waals surface area (Å²) in [6.45, 7) is 3.52. The number of nitrogens with zero attached hydrogens (tertiary/aromatic N) is 1. The molecule has 6 heteroatoms. The average molecular weight is 299 g/mol. The van der Waals surface area contributed by atoms with E-state index in [0.29, 0.717) is 11.4 Å². The van der Waals surface area contributed by atoms with Gasteiger partial charge in [0.25, 0.3) is 0 Å². The zero-order valence-corrected chi connectivity index (χ0v) is 12.5. The monoisotopic (exact) mass is 298 g/mol. The Morgan fingerprint density at radius 2 is 2.00 bits per heavy atom. The lowest BCUT2D eigenvalue weighted by Crippen LogP contribution is -2.47. The van der Waals surface area contributed by atoms with Crippen LogP contribution in [0.25, 0.3) is 0 Å². The number of aliphatic carboxylic acids is 1. The molecule has 0 bridgehead atoms. The van der Waals surface area contributed by atoms with E-state index in [0.717, 1.165) is 5.56 Å². The molecule has 20 heavy (non-hydrogen) atoms. The second-order valence-electron chi connectivity index (χ2n) is 4.57. The Labute approximate surface area is 123 Å². The second kappa shape index (κ2) is 7.14. The van der Waals surface area contributed by atoms with E-state index in [4.69, 9.17) is 16.7 Å². The molecule has 1 aromatic rings. The first-order valence-corrected chi connectivity index (χ1v) is 6.76. The third-order valence-corrected chi connectivity index (χ3v) is 3.52. The summed E-state index contributed by atoms with van der Waals surface area (Å²) in [5.41, 5.74) is 0.791. The second-order valence-corrected chi connectivity index (χ2v) is 4.97. The number of rotatable bonds is 5. The number of hydrogen-bond acceptors (Lipinski definition) is 2. The number of urea groups is 1. The summed E-state index contributed by atoms with van der Waals surface area (Å²) in [6, 6.07) is 5.63. The number of carbonyl (C=O) groups excluding carboxylic acids is 1. The van der Waals surface area contributed by atoms with Crippen LogP contribution in [-0.4, -0.2) is 35.1 Å². The fraction of sp³-hybridized carbons (Fsp3) is 0.429. The van der Waals surface area contributed by atoms with Crippen molar-refractivity contribution in [3.05, 3.63) is 34.9 Å². The van der Waals surface area contributed by atoms with Gasteiger partial charge in [-0.3, -0.25) is 0 Å². The predicted octanol–water partition coefficient (Wildman–Crippen LogP) is 2.91. The summed E-state index contributed by atoms with van der Waals surface area (Å²) in [6.07, 6.45) is 0.347. The van der Waals surface area contributed by atoms with Crippen LogP contribution in [0.4, 0.5) is 4.79 Å². The molecule has 0 fully saturated rings. The van der Waals surface area contributed by atoms with Crippen molar-refractivity contribution in [3.8, 4) is 0 Å². The molecule has 110 valence electrons. The summed E-state index contributed by atoms with van der Waals surface area (Å²) >= 11 is 6.06. The summed E-state index contributed by atoms with van der Waals surface area (Å²) in [7, 11) is 1.47. The largest absolute Gasteiger partial charge is 0.480 e. The number of benzene rings is 1. The fourth-order valence-corrected chi connectivity index (χ4v) is 2.25. The molecule has 1 aromatic carbocycles. The lowest BCUT2D eigenvalue weighted by Gasteiger charge is -2.26. The number of hydrogen-bond donors (Lipinski definition) is 2. The quantitative estimate of drug-likeness (QED) is 0.878. The van der Waals surface area contributed by atoms with Gasteiger partial charge in [-0.1, -0.05) is 36.7 Å². The maximum Gasteiger partial charge on any atom is 0.326 e. The van der Waals surface area contributed by atoms with E-state index in [1.165, 1.54) is 11.9 Å². The highest BCUT2D eigenvalue weighted by Gasteiger charge is 2.25. The first-order chi connectivity index (χ1) is 9.38. The highest BCUT2D eigenvalue weighted by Crippen LogP contribution is 2.22. The van der Waals surface area contributed by atoms with Crippen LogP contribution in [0, 0.1) is 0 Å². The van der Waals surface area contributed by atoms with Gasteiger partial charge in [-0.05, 0) is 25.0 Å². The minimum Gasteiger partial charge on any atom is -0.480 e. The number of likely N-dealkylation sites (N-methyl/N-ethyl adjacent to an activating group) is 1. The van der Waals surface area contributed by atoms with E-state index in [9.17, 15) is 9.59 Å². The SMILES string of the molecule is CCC(C(=O)O)N(C)C(=O)NC(C)c1ccccc1Cl. The Morgan fingerprint density at radius 3 is 2.50 bits per heavy atom. The molecule has 0 aliphatic carbocycles. The normalized spacial score (nSPS) is 13.4. The topological polar surface area (TPSA) is 69.6 Å². The summed E-state index contributed by atoms with van der Waals surface area (Å²) in [5, 5.41) is 12.4. The van der Waals surface area contributed by atoms with Gasteiger partial charge in [0, 0.05) is 12.1 Å². The molecule has 0 spiro atoms. The summed E-state index contributed by atoms with van der Waals surface area (Å²) in [5.74, 6) is -1.02. The van der Waals surface area contributed by atoms with E-state index in [1.807, 2.05) is 18.2 Å². The Hall–Kier alpha value is -1.75. The number of nitrogens with one attached hydrogen (secondary N) is 1. The van der Waals surface area contributed by atoms with E-state index >= 15 is 0 Å². The van der Waals surface area contributed by atoms with Crippen LogP contribution in [0.3, 0.4) is 0 Å². The number of amides is 2. The zero-order valence-electron chi connectivity index (χ0n) is 11.8. The maximum atomic E-state index is 12.1. The van der Waals surface area contributed by atoms with Crippen LogP contribution in [0.15, 0.2) is 24.3 Å². The van der Waals surface area contributed by atoms with Gasteiger partial charge in [-0.2, -0.15) is 0 Å². The van der Waals surface area contributed by atoms with Gasteiger partial charge >= 0.3 is 12.0 Å². The summed E-state index contributed by atoms with van der Waals surface area (Å²) < 4.78 is 0. The van der Waals surface area contributed by atoms with E-state index in [1.54, 1.807) is 19.9 Å². The molecule has 2 N–H and O–H groups in total. The number of carboxylic acid groups (broad SMARTS) is 1. The van der Waals surface area contributed by atoms with E-state index in [-0.39, 0.29) is 6.04 Å². The minimum atomic E-state index is -1.02. The van der Waals surface area contributed by atoms with Crippen LogP contribution in [0.1, 0.15) is 31.9 Å². The first kappa shape index (κ1) is 16.3. The number of carbonyl (C=O) groups is 2. The van der Waals surface area contributed by atoms with Crippen molar-refractivity contribution in [2.24, 2.45) is 0 Å². The van der Waals surface area contributed by atoms with Crippen molar-refractivity contribution in [3.63, 3.8) is 0 Å². The van der Waals surface area contributed by atoms with Crippen LogP contribution < -0.4 is 5.32 Å².